The fraction of sp³-hybridized carbons (Fsp3) is 0.500. The van der Waals surface area contributed by atoms with Gasteiger partial charge in [0.05, 0.1) is 17.4 Å². The van der Waals surface area contributed by atoms with Gasteiger partial charge in [-0.05, 0) is 37.0 Å². The minimum Gasteiger partial charge on any atom is -0.391 e. The predicted molar refractivity (Wildman–Crippen MR) is 72.6 cm³/mol. The number of nitriles is 1. The van der Waals surface area contributed by atoms with Gasteiger partial charge in [-0.2, -0.15) is 5.26 Å². The highest BCUT2D eigenvalue weighted by Gasteiger charge is 2.22. The van der Waals surface area contributed by atoms with Gasteiger partial charge in [-0.25, -0.2) is 0 Å². The van der Waals surface area contributed by atoms with Crippen LogP contribution in [-0.2, 0) is 0 Å². The molecule has 1 aromatic carbocycles. The van der Waals surface area contributed by atoms with Crippen LogP contribution in [0.1, 0.15) is 31.2 Å². The number of aliphatic hydroxyl groups is 1. The molecule has 96 valence electrons. The predicted octanol–water partition coefficient (Wildman–Crippen LogP) is 3.17. The van der Waals surface area contributed by atoms with Crippen molar-refractivity contribution >= 4 is 17.3 Å². The zero-order valence-electron chi connectivity index (χ0n) is 10.2. The third-order valence-electron chi connectivity index (χ3n) is 3.55. The molecule has 0 aromatic heterocycles. The molecule has 1 aliphatic carbocycles. The van der Waals surface area contributed by atoms with Crippen LogP contribution in [0.2, 0.25) is 5.02 Å². The number of nitrogens with one attached hydrogen (secondary N) is 1. The van der Waals surface area contributed by atoms with Gasteiger partial charge >= 0.3 is 0 Å². The molecule has 0 saturated heterocycles. The molecule has 2 N–H and O–H groups in total. The lowest BCUT2D eigenvalue weighted by molar-refractivity contribution is 0.123. The first-order valence-corrected chi connectivity index (χ1v) is 6.70. The topological polar surface area (TPSA) is 56.0 Å². The molecule has 0 radical (unpaired) electrons. The lowest BCUT2D eigenvalue weighted by Crippen LogP contribution is -2.26. The number of nitrogens with zero attached hydrogens (tertiary/aromatic N) is 1. The number of anilines is 1. The van der Waals surface area contributed by atoms with Crippen LogP contribution in [0.4, 0.5) is 5.69 Å². The fourth-order valence-electron chi connectivity index (χ4n) is 2.49. The van der Waals surface area contributed by atoms with Crippen LogP contribution in [-0.4, -0.2) is 17.8 Å². The first-order chi connectivity index (χ1) is 8.70. The van der Waals surface area contributed by atoms with E-state index >= 15 is 0 Å². The van der Waals surface area contributed by atoms with E-state index in [9.17, 15) is 5.11 Å². The Kier molecular flexibility index (Phi) is 4.46. The van der Waals surface area contributed by atoms with Crippen molar-refractivity contribution in [2.45, 2.75) is 31.8 Å². The summed E-state index contributed by atoms with van der Waals surface area (Å²) < 4.78 is 0. The van der Waals surface area contributed by atoms with Gasteiger partial charge in [0.2, 0.25) is 0 Å². The summed E-state index contributed by atoms with van der Waals surface area (Å²) in [5.74, 6) is 0.398. The molecule has 1 atom stereocenters. The summed E-state index contributed by atoms with van der Waals surface area (Å²) in [7, 11) is 0. The summed E-state index contributed by atoms with van der Waals surface area (Å²) in [5, 5.41) is 22.8. The number of hydrogen-bond acceptors (Lipinski definition) is 3. The summed E-state index contributed by atoms with van der Waals surface area (Å²) in [6.07, 6.45) is 4.30. The number of benzene rings is 1. The van der Waals surface area contributed by atoms with Gasteiger partial charge in [0.15, 0.2) is 0 Å². The number of aliphatic hydroxyl groups excluding tert-OH is 1. The standard InChI is InChI=1S/C14H17ClN2O/c15-12-5-6-13(11(7-12)8-16)17-9-14(18)10-3-1-2-4-10/h5-7,10,14,17-18H,1-4,9H2. The van der Waals surface area contributed by atoms with Crippen LogP contribution < -0.4 is 5.32 Å². The maximum Gasteiger partial charge on any atom is 0.101 e. The van der Waals surface area contributed by atoms with Gasteiger partial charge in [-0.1, -0.05) is 24.4 Å². The SMILES string of the molecule is N#Cc1cc(Cl)ccc1NCC(O)C1CCCC1. The van der Waals surface area contributed by atoms with Crippen LogP contribution in [0.3, 0.4) is 0 Å². The van der Waals surface area contributed by atoms with Crippen LogP contribution in [0.25, 0.3) is 0 Å². The van der Waals surface area contributed by atoms with E-state index in [2.05, 4.69) is 11.4 Å². The van der Waals surface area contributed by atoms with E-state index in [1.54, 1.807) is 18.2 Å². The van der Waals surface area contributed by atoms with Crippen molar-refractivity contribution in [1.29, 1.82) is 5.26 Å². The van der Waals surface area contributed by atoms with Crippen molar-refractivity contribution in [2.75, 3.05) is 11.9 Å². The molecule has 1 aliphatic rings. The quantitative estimate of drug-likeness (QED) is 0.878. The van der Waals surface area contributed by atoms with Crippen LogP contribution in [0, 0.1) is 17.2 Å². The van der Waals surface area contributed by atoms with Gasteiger partial charge in [-0.3, -0.25) is 0 Å². The van der Waals surface area contributed by atoms with Gasteiger partial charge in [-0.15, -0.1) is 0 Å². The normalized spacial score (nSPS) is 17.4. The van der Waals surface area contributed by atoms with Crippen molar-refractivity contribution < 1.29 is 5.11 Å². The maximum absolute atomic E-state index is 10.1. The van der Waals surface area contributed by atoms with Crippen molar-refractivity contribution in [3.8, 4) is 6.07 Å². The van der Waals surface area contributed by atoms with E-state index in [1.165, 1.54) is 12.8 Å². The summed E-state index contributed by atoms with van der Waals surface area (Å²) >= 11 is 5.83. The summed E-state index contributed by atoms with van der Waals surface area (Å²) in [6, 6.07) is 7.25. The summed E-state index contributed by atoms with van der Waals surface area (Å²) in [4.78, 5) is 0. The van der Waals surface area contributed by atoms with E-state index in [4.69, 9.17) is 16.9 Å². The Bertz CT molecular complexity index is 450. The average Bonchev–Trinajstić information content (AvgIpc) is 2.90. The van der Waals surface area contributed by atoms with E-state index in [0.717, 1.165) is 18.5 Å². The number of hydrogen-bond donors (Lipinski definition) is 2. The smallest absolute Gasteiger partial charge is 0.101 e. The van der Waals surface area contributed by atoms with Gasteiger partial charge in [0, 0.05) is 11.6 Å². The van der Waals surface area contributed by atoms with E-state index in [-0.39, 0.29) is 6.10 Å². The molecular weight excluding hydrogens is 248 g/mol. The Morgan fingerprint density at radius 1 is 1.44 bits per heavy atom. The summed E-state index contributed by atoms with van der Waals surface area (Å²) in [5.41, 5.74) is 1.25. The van der Waals surface area contributed by atoms with Crippen molar-refractivity contribution in [3.63, 3.8) is 0 Å². The van der Waals surface area contributed by atoms with Crippen molar-refractivity contribution in [3.05, 3.63) is 28.8 Å². The van der Waals surface area contributed by atoms with Gasteiger partial charge in [0.25, 0.3) is 0 Å². The molecule has 0 heterocycles. The third kappa shape index (κ3) is 3.16. The Morgan fingerprint density at radius 2 is 2.17 bits per heavy atom. The second kappa shape index (κ2) is 6.08. The molecule has 1 unspecified atom stereocenters. The first kappa shape index (κ1) is 13.2. The lowest BCUT2D eigenvalue weighted by atomic mass is 10.0. The molecule has 3 nitrogen and oxygen atoms in total. The Balaban J connectivity index is 1.95. The minimum absolute atomic E-state index is 0.338. The van der Waals surface area contributed by atoms with Gasteiger partial charge in [0.1, 0.15) is 6.07 Å². The average molecular weight is 265 g/mol. The first-order valence-electron chi connectivity index (χ1n) is 6.32. The molecule has 4 heteroatoms. The van der Waals surface area contributed by atoms with Crippen molar-refractivity contribution in [2.24, 2.45) is 5.92 Å². The Labute approximate surface area is 112 Å². The zero-order chi connectivity index (χ0) is 13.0. The largest absolute Gasteiger partial charge is 0.391 e. The molecule has 1 saturated carbocycles. The Morgan fingerprint density at radius 3 is 2.83 bits per heavy atom. The second-order valence-corrected chi connectivity index (χ2v) is 5.23. The lowest BCUT2D eigenvalue weighted by Gasteiger charge is -2.19. The second-order valence-electron chi connectivity index (χ2n) is 4.79. The molecular formula is C14H17ClN2O. The summed E-state index contributed by atoms with van der Waals surface area (Å²) in [6.45, 7) is 0.487. The minimum atomic E-state index is -0.338. The van der Waals surface area contributed by atoms with Crippen molar-refractivity contribution in [1.82, 2.24) is 0 Å². The van der Waals surface area contributed by atoms with E-state index in [0.29, 0.717) is 23.0 Å². The highest BCUT2D eigenvalue weighted by atomic mass is 35.5. The number of halogens is 1. The molecule has 18 heavy (non-hydrogen) atoms. The molecule has 0 spiro atoms. The third-order valence-corrected chi connectivity index (χ3v) is 3.78. The monoisotopic (exact) mass is 264 g/mol. The van der Waals surface area contributed by atoms with Gasteiger partial charge < -0.3 is 10.4 Å². The zero-order valence-corrected chi connectivity index (χ0v) is 11.0. The highest BCUT2D eigenvalue weighted by molar-refractivity contribution is 6.30. The molecule has 0 bridgehead atoms. The Hall–Kier alpha value is -1.24. The van der Waals surface area contributed by atoms with Crippen LogP contribution in [0.15, 0.2) is 18.2 Å². The van der Waals surface area contributed by atoms with Crippen LogP contribution in [0.5, 0.6) is 0 Å². The van der Waals surface area contributed by atoms with E-state index < -0.39 is 0 Å². The number of rotatable bonds is 4. The maximum atomic E-state index is 10.1. The van der Waals surface area contributed by atoms with E-state index in [1.807, 2.05) is 0 Å². The fourth-order valence-corrected chi connectivity index (χ4v) is 2.66. The molecule has 2 rings (SSSR count). The van der Waals surface area contributed by atoms with Crippen LogP contribution >= 0.6 is 11.6 Å². The molecule has 0 amide bonds. The molecule has 0 aliphatic heterocycles. The molecule has 1 aromatic rings. The highest BCUT2D eigenvalue weighted by Crippen LogP contribution is 2.28. The molecule has 1 fully saturated rings.